The molecule has 1 aromatic rings. The monoisotopic (exact) mass is 360 g/mol. The molecule has 3 unspecified atom stereocenters. The Hall–Kier alpha value is -1.95. The molecule has 1 aromatic carbocycles. The number of rotatable bonds is 7. The molecule has 1 aliphatic heterocycles. The van der Waals surface area contributed by atoms with Crippen LogP contribution < -0.4 is 20.1 Å². The van der Waals surface area contributed by atoms with Gasteiger partial charge < -0.3 is 20.1 Å². The molecule has 0 bridgehead atoms. The molecule has 0 aromatic heterocycles. The van der Waals surface area contributed by atoms with Crippen molar-refractivity contribution in [1.82, 2.24) is 15.5 Å². The minimum atomic E-state index is 0.0196. The van der Waals surface area contributed by atoms with Gasteiger partial charge >= 0.3 is 0 Å². The molecular formula is C20H32N4O2. The van der Waals surface area contributed by atoms with E-state index in [0.29, 0.717) is 18.6 Å². The Labute approximate surface area is 157 Å². The van der Waals surface area contributed by atoms with E-state index in [1.54, 1.807) is 7.11 Å². The third kappa shape index (κ3) is 5.04. The fourth-order valence-electron chi connectivity index (χ4n) is 3.65. The Balaban J connectivity index is 1.43. The zero-order chi connectivity index (χ0) is 18.5. The van der Waals surface area contributed by atoms with Gasteiger partial charge in [-0.1, -0.05) is 6.07 Å². The second kappa shape index (κ2) is 8.62. The minimum absolute atomic E-state index is 0.0196. The summed E-state index contributed by atoms with van der Waals surface area (Å²) < 4.78 is 11.2. The molecule has 0 radical (unpaired) electrons. The first-order chi connectivity index (χ1) is 12.6. The molecule has 0 amide bonds. The topological polar surface area (TPSA) is 58.1 Å². The van der Waals surface area contributed by atoms with Crippen LogP contribution in [0.4, 0.5) is 0 Å². The predicted molar refractivity (Wildman–Crippen MR) is 105 cm³/mol. The van der Waals surface area contributed by atoms with Gasteiger partial charge in [-0.15, -0.1) is 0 Å². The van der Waals surface area contributed by atoms with Crippen LogP contribution in [-0.4, -0.2) is 62.3 Å². The van der Waals surface area contributed by atoms with Gasteiger partial charge in [-0.2, -0.15) is 0 Å². The van der Waals surface area contributed by atoms with Gasteiger partial charge in [-0.05, 0) is 45.2 Å². The van der Waals surface area contributed by atoms with E-state index in [1.165, 1.54) is 19.3 Å². The fourth-order valence-corrected chi connectivity index (χ4v) is 3.65. The van der Waals surface area contributed by atoms with Crippen LogP contribution in [0.25, 0.3) is 0 Å². The number of guanidine groups is 1. The summed E-state index contributed by atoms with van der Waals surface area (Å²) in [4.78, 5) is 7.01. The highest BCUT2D eigenvalue weighted by molar-refractivity contribution is 5.80. The lowest BCUT2D eigenvalue weighted by Gasteiger charge is -2.21. The number of hydrogen-bond acceptors (Lipinski definition) is 4. The number of nitrogens with zero attached hydrogens (tertiary/aromatic N) is 2. The average Bonchev–Trinajstić information content (AvgIpc) is 3.41. The van der Waals surface area contributed by atoms with Crippen molar-refractivity contribution in [3.05, 3.63) is 24.3 Å². The van der Waals surface area contributed by atoms with Crippen LogP contribution in [0.2, 0.25) is 0 Å². The molecule has 0 spiro atoms. The van der Waals surface area contributed by atoms with E-state index in [-0.39, 0.29) is 6.10 Å². The van der Waals surface area contributed by atoms with Crippen molar-refractivity contribution in [3.8, 4) is 11.5 Å². The first kappa shape index (κ1) is 18.8. The highest BCUT2D eigenvalue weighted by atomic mass is 16.5. The molecule has 2 aliphatic rings. The molecule has 6 nitrogen and oxygen atoms in total. The molecule has 3 rings (SSSR count). The second-order valence-electron chi connectivity index (χ2n) is 7.41. The quantitative estimate of drug-likeness (QED) is 0.577. The molecule has 3 atom stereocenters. The fraction of sp³-hybridized carbons (Fsp3) is 0.650. The molecule has 1 saturated carbocycles. The number of nitrogens with one attached hydrogen (secondary N) is 2. The molecule has 1 saturated heterocycles. The summed E-state index contributed by atoms with van der Waals surface area (Å²) in [5, 5.41) is 6.95. The van der Waals surface area contributed by atoms with Crippen molar-refractivity contribution >= 4 is 5.96 Å². The van der Waals surface area contributed by atoms with Gasteiger partial charge in [-0.3, -0.25) is 9.89 Å². The first-order valence-corrected chi connectivity index (χ1v) is 9.62. The summed E-state index contributed by atoms with van der Waals surface area (Å²) in [6, 6.07) is 9.63. The summed E-state index contributed by atoms with van der Waals surface area (Å²) in [5.74, 6) is 2.46. The van der Waals surface area contributed by atoms with Crippen molar-refractivity contribution in [3.63, 3.8) is 0 Å². The zero-order valence-corrected chi connectivity index (χ0v) is 16.4. The lowest BCUT2D eigenvalue weighted by Crippen LogP contribution is -2.47. The van der Waals surface area contributed by atoms with E-state index < -0.39 is 0 Å². The normalized spacial score (nSPS) is 25.0. The number of likely N-dealkylation sites (tertiary alicyclic amines) is 1. The van der Waals surface area contributed by atoms with Crippen LogP contribution in [-0.2, 0) is 0 Å². The summed E-state index contributed by atoms with van der Waals surface area (Å²) in [6.45, 7) is 6.18. The third-order valence-corrected chi connectivity index (χ3v) is 5.14. The van der Waals surface area contributed by atoms with Crippen LogP contribution >= 0.6 is 0 Å². The van der Waals surface area contributed by atoms with Crippen molar-refractivity contribution in [2.75, 3.05) is 27.2 Å². The highest BCUT2D eigenvalue weighted by Gasteiger charge is 2.38. The standard InChI is InChI=1S/C20H32N4O2/c1-14-10-16(13-24(14)17-8-9-17)23-20(21-3)22-12-15(2)26-19-7-5-6-18(11-19)25-4/h5-7,11,14-17H,8-10,12-13H2,1-4H3,(H2,21,22,23). The first-order valence-electron chi connectivity index (χ1n) is 9.62. The molecule has 2 N–H and O–H groups in total. The van der Waals surface area contributed by atoms with Gasteiger partial charge in [0.05, 0.1) is 13.7 Å². The maximum Gasteiger partial charge on any atom is 0.191 e. The lowest BCUT2D eigenvalue weighted by atomic mass is 10.2. The maximum atomic E-state index is 5.96. The third-order valence-electron chi connectivity index (χ3n) is 5.14. The summed E-state index contributed by atoms with van der Waals surface area (Å²) in [7, 11) is 3.48. The Morgan fingerprint density at radius 2 is 2.12 bits per heavy atom. The molecule has 26 heavy (non-hydrogen) atoms. The van der Waals surface area contributed by atoms with Crippen molar-refractivity contribution in [1.29, 1.82) is 0 Å². The van der Waals surface area contributed by atoms with E-state index in [9.17, 15) is 0 Å². The highest BCUT2D eigenvalue weighted by Crippen LogP contribution is 2.33. The molecule has 2 fully saturated rings. The number of methoxy groups -OCH3 is 1. The minimum Gasteiger partial charge on any atom is -0.497 e. The predicted octanol–water partition coefficient (Wildman–Crippen LogP) is 2.25. The Morgan fingerprint density at radius 1 is 1.35 bits per heavy atom. The van der Waals surface area contributed by atoms with Gasteiger partial charge in [-0.25, -0.2) is 0 Å². The summed E-state index contributed by atoms with van der Waals surface area (Å²) >= 11 is 0. The molecule has 144 valence electrons. The van der Waals surface area contributed by atoms with Gasteiger partial charge in [0.15, 0.2) is 5.96 Å². The largest absolute Gasteiger partial charge is 0.497 e. The Morgan fingerprint density at radius 3 is 2.81 bits per heavy atom. The van der Waals surface area contributed by atoms with Gasteiger partial charge in [0.1, 0.15) is 17.6 Å². The maximum absolute atomic E-state index is 5.96. The SMILES string of the molecule is CN=C(NCC(C)Oc1cccc(OC)c1)NC1CC(C)N(C2CC2)C1. The van der Waals surface area contributed by atoms with Gasteiger partial charge in [0.2, 0.25) is 0 Å². The van der Waals surface area contributed by atoms with E-state index in [1.807, 2.05) is 38.2 Å². The van der Waals surface area contributed by atoms with Crippen LogP contribution in [0.5, 0.6) is 11.5 Å². The van der Waals surface area contributed by atoms with Gasteiger partial charge in [0.25, 0.3) is 0 Å². The van der Waals surface area contributed by atoms with Crippen molar-refractivity contribution < 1.29 is 9.47 Å². The smallest absolute Gasteiger partial charge is 0.191 e. The van der Waals surface area contributed by atoms with E-state index in [0.717, 1.165) is 30.0 Å². The molecule has 6 heteroatoms. The molecule has 1 aliphatic carbocycles. The van der Waals surface area contributed by atoms with Gasteiger partial charge in [0, 0.05) is 37.8 Å². The van der Waals surface area contributed by atoms with Crippen LogP contribution in [0.3, 0.4) is 0 Å². The van der Waals surface area contributed by atoms with Crippen LogP contribution in [0.15, 0.2) is 29.3 Å². The Bertz CT molecular complexity index is 618. The summed E-state index contributed by atoms with van der Waals surface area (Å²) in [6.07, 6.45) is 3.92. The van der Waals surface area contributed by atoms with Crippen LogP contribution in [0, 0.1) is 0 Å². The zero-order valence-electron chi connectivity index (χ0n) is 16.4. The van der Waals surface area contributed by atoms with E-state index >= 15 is 0 Å². The van der Waals surface area contributed by atoms with E-state index in [4.69, 9.17) is 9.47 Å². The van der Waals surface area contributed by atoms with E-state index in [2.05, 4.69) is 27.4 Å². The lowest BCUT2D eigenvalue weighted by molar-refractivity contribution is 0.222. The number of aliphatic imine (C=N–C) groups is 1. The second-order valence-corrected chi connectivity index (χ2v) is 7.41. The number of hydrogen-bond donors (Lipinski definition) is 2. The van der Waals surface area contributed by atoms with Crippen molar-refractivity contribution in [2.24, 2.45) is 4.99 Å². The Kier molecular flexibility index (Phi) is 6.25. The number of benzene rings is 1. The summed E-state index contributed by atoms with van der Waals surface area (Å²) in [5.41, 5.74) is 0. The number of ether oxygens (including phenoxy) is 2. The van der Waals surface area contributed by atoms with Crippen molar-refractivity contribution in [2.45, 2.75) is 57.3 Å². The molecule has 1 heterocycles. The van der Waals surface area contributed by atoms with Crippen LogP contribution in [0.1, 0.15) is 33.1 Å². The average molecular weight is 361 g/mol. The molecular weight excluding hydrogens is 328 g/mol.